The van der Waals surface area contributed by atoms with Crippen LogP contribution in [-0.2, 0) is 15.9 Å². The van der Waals surface area contributed by atoms with E-state index in [1.54, 1.807) is 0 Å². The van der Waals surface area contributed by atoms with Gasteiger partial charge in [0.05, 0.1) is 19.8 Å². The van der Waals surface area contributed by atoms with E-state index in [9.17, 15) is 0 Å². The Hall–Kier alpha value is -0.970. The molecule has 4 heteroatoms. The number of rotatable bonds is 7. The van der Waals surface area contributed by atoms with Gasteiger partial charge in [0.2, 0.25) is 0 Å². The Morgan fingerprint density at radius 3 is 2.56 bits per heavy atom. The quantitative estimate of drug-likeness (QED) is 0.580. The molecule has 0 bridgehead atoms. The lowest BCUT2D eigenvalue weighted by Gasteiger charge is -2.07. The van der Waals surface area contributed by atoms with Crippen LogP contribution in [0.15, 0.2) is 30.3 Å². The summed E-state index contributed by atoms with van der Waals surface area (Å²) in [6.45, 7) is 1.27. The van der Waals surface area contributed by atoms with E-state index in [0.717, 1.165) is 5.56 Å². The predicted molar refractivity (Wildman–Crippen MR) is 66.6 cm³/mol. The minimum absolute atomic E-state index is 0.0362. The molecule has 0 amide bonds. The van der Waals surface area contributed by atoms with E-state index in [1.165, 1.54) is 0 Å². The van der Waals surface area contributed by atoms with Gasteiger partial charge >= 0.3 is 0 Å². The van der Waals surface area contributed by atoms with E-state index < -0.39 is 0 Å². The summed E-state index contributed by atoms with van der Waals surface area (Å²) in [6.07, 6.45) is 0.649. The van der Waals surface area contributed by atoms with Gasteiger partial charge in [-0.05, 0) is 17.8 Å². The summed E-state index contributed by atoms with van der Waals surface area (Å²) >= 11 is 5.09. The van der Waals surface area contributed by atoms with Gasteiger partial charge in [-0.3, -0.25) is 0 Å². The van der Waals surface area contributed by atoms with Crippen molar-refractivity contribution in [1.29, 1.82) is 0 Å². The first-order chi connectivity index (χ1) is 7.83. The molecule has 0 heterocycles. The number of benzene rings is 1. The fourth-order valence-corrected chi connectivity index (χ4v) is 1.44. The smallest absolute Gasteiger partial charge is 0.164 e. The van der Waals surface area contributed by atoms with Crippen LogP contribution in [0.5, 0.6) is 0 Å². The van der Waals surface area contributed by atoms with Crippen molar-refractivity contribution in [2.45, 2.75) is 6.42 Å². The molecule has 1 rings (SSSR count). The Morgan fingerprint density at radius 1 is 1.12 bits per heavy atom. The highest BCUT2D eigenvalue weighted by Crippen LogP contribution is 2.01. The molecule has 0 unspecified atom stereocenters. The van der Waals surface area contributed by atoms with Crippen LogP contribution in [0.2, 0.25) is 0 Å². The topological polar surface area (TPSA) is 38.7 Å². The van der Waals surface area contributed by atoms with Gasteiger partial charge in [-0.15, -0.1) is 0 Å². The van der Waals surface area contributed by atoms with E-state index >= 15 is 0 Å². The van der Waals surface area contributed by atoms with Gasteiger partial charge in [-0.2, -0.15) is 0 Å². The van der Waals surface area contributed by atoms with Crippen molar-refractivity contribution >= 4 is 17.3 Å². The molecule has 0 atom stereocenters. The monoisotopic (exact) mass is 240 g/mol. The van der Waals surface area contributed by atoms with Gasteiger partial charge in [0, 0.05) is 6.42 Å². The van der Waals surface area contributed by atoms with Gasteiger partial charge < -0.3 is 14.6 Å². The molecule has 0 spiro atoms. The third-order valence-electron chi connectivity index (χ3n) is 1.92. The first kappa shape index (κ1) is 13.1. The lowest BCUT2D eigenvalue weighted by atomic mass is 10.2. The Balaban J connectivity index is 2.12. The van der Waals surface area contributed by atoms with Crippen LogP contribution >= 0.6 is 12.2 Å². The number of aliphatic hydroxyl groups is 1. The van der Waals surface area contributed by atoms with Crippen LogP contribution in [0.1, 0.15) is 5.56 Å². The maximum Gasteiger partial charge on any atom is 0.164 e. The molecule has 0 aromatic heterocycles. The molecule has 0 aliphatic rings. The number of hydrogen-bond donors (Lipinski definition) is 1. The maximum absolute atomic E-state index is 8.48. The summed E-state index contributed by atoms with van der Waals surface area (Å²) in [6, 6.07) is 9.94. The van der Waals surface area contributed by atoms with Crippen LogP contribution in [0.25, 0.3) is 0 Å². The average Bonchev–Trinajstić information content (AvgIpc) is 2.30. The third-order valence-corrected chi connectivity index (χ3v) is 2.18. The van der Waals surface area contributed by atoms with E-state index in [1.807, 2.05) is 30.3 Å². The SMILES string of the molecule is OCCOCCOC(=S)Cc1ccccc1. The highest BCUT2D eigenvalue weighted by atomic mass is 32.1. The van der Waals surface area contributed by atoms with E-state index in [4.69, 9.17) is 26.8 Å². The van der Waals surface area contributed by atoms with E-state index in [0.29, 0.717) is 31.3 Å². The second-order valence-electron chi connectivity index (χ2n) is 3.22. The van der Waals surface area contributed by atoms with Crippen LogP contribution in [0.4, 0.5) is 0 Å². The first-order valence-electron chi connectivity index (χ1n) is 5.21. The zero-order chi connectivity index (χ0) is 11.6. The van der Waals surface area contributed by atoms with Gasteiger partial charge in [0.25, 0.3) is 0 Å². The molecule has 0 aliphatic heterocycles. The number of ether oxygens (including phenoxy) is 2. The fraction of sp³-hybridized carbons (Fsp3) is 0.417. The largest absolute Gasteiger partial charge is 0.484 e. The number of hydrogen-bond acceptors (Lipinski definition) is 4. The van der Waals surface area contributed by atoms with Crippen molar-refractivity contribution in [3.63, 3.8) is 0 Å². The molecule has 0 saturated heterocycles. The highest BCUT2D eigenvalue weighted by molar-refractivity contribution is 7.80. The molecule has 0 aliphatic carbocycles. The van der Waals surface area contributed by atoms with Crippen molar-refractivity contribution < 1.29 is 14.6 Å². The summed E-state index contributed by atoms with van der Waals surface area (Å²) in [5, 5.41) is 9.05. The Bertz CT molecular complexity index is 300. The van der Waals surface area contributed by atoms with Crippen molar-refractivity contribution in [3.8, 4) is 0 Å². The fourth-order valence-electron chi connectivity index (χ4n) is 1.19. The van der Waals surface area contributed by atoms with Crippen molar-refractivity contribution in [2.75, 3.05) is 26.4 Å². The van der Waals surface area contributed by atoms with Crippen LogP contribution in [-0.4, -0.2) is 36.6 Å². The minimum Gasteiger partial charge on any atom is -0.484 e. The van der Waals surface area contributed by atoms with Gasteiger partial charge in [-0.1, -0.05) is 30.3 Å². The first-order valence-corrected chi connectivity index (χ1v) is 5.62. The molecular weight excluding hydrogens is 224 g/mol. The van der Waals surface area contributed by atoms with Gasteiger partial charge in [0.15, 0.2) is 5.05 Å². The molecule has 0 saturated carbocycles. The molecule has 1 N–H and O–H groups in total. The van der Waals surface area contributed by atoms with Crippen LogP contribution < -0.4 is 0 Å². The Labute approximate surface area is 101 Å². The van der Waals surface area contributed by atoms with E-state index in [2.05, 4.69) is 0 Å². The predicted octanol–water partition coefficient (Wildman–Crippen LogP) is 1.58. The van der Waals surface area contributed by atoms with Crippen molar-refractivity contribution in [3.05, 3.63) is 35.9 Å². The molecule has 1 aromatic rings. The van der Waals surface area contributed by atoms with E-state index in [-0.39, 0.29) is 6.61 Å². The molecule has 88 valence electrons. The lowest BCUT2D eigenvalue weighted by Crippen LogP contribution is -2.12. The summed E-state index contributed by atoms with van der Waals surface area (Å²) in [5.41, 5.74) is 1.14. The molecular formula is C12H16O3S. The lowest BCUT2D eigenvalue weighted by molar-refractivity contribution is 0.0683. The van der Waals surface area contributed by atoms with Gasteiger partial charge in [0.1, 0.15) is 6.61 Å². The second-order valence-corrected chi connectivity index (χ2v) is 3.67. The summed E-state index contributed by atoms with van der Waals surface area (Å²) in [4.78, 5) is 0. The normalized spacial score (nSPS) is 10.1. The molecule has 3 nitrogen and oxygen atoms in total. The summed E-state index contributed by atoms with van der Waals surface area (Å²) in [7, 11) is 0. The minimum atomic E-state index is 0.0362. The Kier molecular flexibility index (Phi) is 6.72. The van der Waals surface area contributed by atoms with Crippen molar-refractivity contribution in [1.82, 2.24) is 0 Å². The summed E-state index contributed by atoms with van der Waals surface area (Å²) in [5.74, 6) is 0. The molecule has 0 radical (unpaired) electrons. The maximum atomic E-state index is 8.48. The number of aliphatic hydroxyl groups excluding tert-OH is 1. The standard InChI is InChI=1S/C12H16O3S/c13-6-7-14-8-9-15-12(16)10-11-4-2-1-3-5-11/h1-5,13H,6-10H2. The van der Waals surface area contributed by atoms with Crippen LogP contribution in [0.3, 0.4) is 0 Å². The van der Waals surface area contributed by atoms with Crippen molar-refractivity contribution in [2.24, 2.45) is 0 Å². The molecule has 0 fully saturated rings. The third kappa shape index (κ3) is 5.80. The zero-order valence-corrected chi connectivity index (χ0v) is 9.91. The molecule has 16 heavy (non-hydrogen) atoms. The zero-order valence-electron chi connectivity index (χ0n) is 9.09. The van der Waals surface area contributed by atoms with Gasteiger partial charge in [-0.25, -0.2) is 0 Å². The second kappa shape index (κ2) is 8.21. The van der Waals surface area contributed by atoms with Crippen LogP contribution in [0, 0.1) is 0 Å². The Morgan fingerprint density at radius 2 is 1.88 bits per heavy atom. The number of thiocarbonyl (C=S) groups is 1. The highest BCUT2D eigenvalue weighted by Gasteiger charge is 1.99. The average molecular weight is 240 g/mol. The molecule has 1 aromatic carbocycles. The summed E-state index contributed by atoms with van der Waals surface area (Å²) < 4.78 is 10.4.